The van der Waals surface area contributed by atoms with Gasteiger partial charge in [0.15, 0.2) is 12.2 Å². The summed E-state index contributed by atoms with van der Waals surface area (Å²) in [4.78, 5) is 72.8. The first-order valence-electron chi connectivity index (χ1n) is 41.3. The highest BCUT2D eigenvalue weighted by Gasteiger charge is 2.30. The minimum atomic E-state index is -4.96. The lowest BCUT2D eigenvalue weighted by atomic mass is 10.0. The Bertz CT molecular complexity index is 1860. The molecule has 2 unspecified atom stereocenters. The summed E-state index contributed by atoms with van der Waals surface area (Å²) < 4.78 is 68.6. The quantitative estimate of drug-likeness (QED) is 0.0222. The number of carbonyl (C=O) groups is 4. The van der Waals surface area contributed by atoms with Crippen molar-refractivity contribution in [1.29, 1.82) is 0 Å². The third-order valence-electron chi connectivity index (χ3n) is 18.6. The first-order valence-corrected chi connectivity index (χ1v) is 44.3. The Hall–Kier alpha value is -1.94. The second-order valence-electron chi connectivity index (χ2n) is 28.5. The number of esters is 4. The lowest BCUT2D eigenvalue weighted by Crippen LogP contribution is -2.30. The molecule has 0 aliphatic rings. The van der Waals surface area contributed by atoms with Crippen molar-refractivity contribution in [1.82, 2.24) is 0 Å². The van der Waals surface area contributed by atoms with Crippen LogP contribution in [-0.2, 0) is 65.4 Å². The van der Waals surface area contributed by atoms with Gasteiger partial charge in [0.25, 0.3) is 0 Å². The Morgan fingerprint density at radius 3 is 0.602 bits per heavy atom. The van der Waals surface area contributed by atoms with Crippen LogP contribution in [0.15, 0.2) is 0 Å². The van der Waals surface area contributed by atoms with Gasteiger partial charge in [-0.3, -0.25) is 37.3 Å². The van der Waals surface area contributed by atoms with Crippen molar-refractivity contribution in [3.05, 3.63) is 0 Å². The van der Waals surface area contributed by atoms with Crippen LogP contribution in [0.1, 0.15) is 426 Å². The molecule has 0 radical (unpaired) electrons. The van der Waals surface area contributed by atoms with E-state index in [9.17, 15) is 43.2 Å². The molecule has 0 saturated heterocycles. The summed E-state index contributed by atoms with van der Waals surface area (Å²) in [5.74, 6) is -2.11. The van der Waals surface area contributed by atoms with Crippen molar-refractivity contribution in [2.24, 2.45) is 0 Å². The summed E-state index contributed by atoms with van der Waals surface area (Å²) in [6.45, 7) is 4.99. The molecule has 5 atom stereocenters. The van der Waals surface area contributed by atoms with Crippen molar-refractivity contribution in [3.8, 4) is 0 Å². The third-order valence-corrected chi connectivity index (χ3v) is 20.5. The summed E-state index contributed by atoms with van der Waals surface area (Å²) in [5, 5.41) is 10.6. The van der Waals surface area contributed by atoms with Crippen LogP contribution < -0.4 is 0 Å². The number of phosphoric acid groups is 2. The fourth-order valence-electron chi connectivity index (χ4n) is 12.3. The van der Waals surface area contributed by atoms with Gasteiger partial charge in [-0.05, 0) is 25.7 Å². The van der Waals surface area contributed by atoms with Crippen molar-refractivity contribution >= 4 is 39.5 Å². The van der Waals surface area contributed by atoms with Crippen LogP contribution in [0.4, 0.5) is 0 Å². The second-order valence-corrected chi connectivity index (χ2v) is 31.4. The molecular formula is C79H154O17P2. The van der Waals surface area contributed by atoms with Crippen LogP contribution in [0.2, 0.25) is 0 Å². The first kappa shape index (κ1) is 96.1. The number of hydrogen-bond acceptors (Lipinski definition) is 15. The second kappa shape index (κ2) is 73.4. The van der Waals surface area contributed by atoms with Gasteiger partial charge in [-0.1, -0.05) is 374 Å². The number of aliphatic hydroxyl groups is 1. The standard InChI is InChI=1S/C79H154O17P2/c1-5-9-13-17-21-25-28-30-32-34-36-37-39-41-43-46-50-54-58-62-66-79(84)96-75(70-90-77(82)64-60-56-52-48-45-42-40-38-35-33-31-29-26-22-18-14-10-6-2)72-94-98(87,88)92-68-73(80)67-91-97(85,86)93-71-74(69-89-76(81)63-59-55-51-47-24-20-16-12-8-4)95-78(83)65-61-57-53-49-44-27-23-19-15-11-7-3/h73-75,80H,5-72H2,1-4H3,(H,85,86)(H,87,88)/t73-,74+,75+/m0/s1. The van der Waals surface area contributed by atoms with Gasteiger partial charge < -0.3 is 33.8 Å². The molecule has 0 aliphatic carbocycles. The Morgan fingerprint density at radius 1 is 0.245 bits per heavy atom. The van der Waals surface area contributed by atoms with Gasteiger partial charge >= 0.3 is 39.5 Å². The van der Waals surface area contributed by atoms with E-state index in [1.165, 1.54) is 257 Å². The molecule has 0 aromatic rings. The Balaban J connectivity index is 5.19. The van der Waals surface area contributed by atoms with Gasteiger partial charge in [0.05, 0.1) is 26.4 Å². The van der Waals surface area contributed by atoms with Crippen molar-refractivity contribution in [2.75, 3.05) is 39.6 Å². The monoisotopic (exact) mass is 1440 g/mol. The lowest BCUT2D eigenvalue weighted by Gasteiger charge is -2.21. The maximum Gasteiger partial charge on any atom is 0.472 e. The molecule has 3 N–H and O–H groups in total. The van der Waals surface area contributed by atoms with E-state index in [0.717, 1.165) is 89.9 Å². The SMILES string of the molecule is CCCCCCCCCCCCCCCCCCCCCCC(=O)O[C@H](COC(=O)CCCCCCCCCCCCCCCCCCCC)COP(=O)(O)OC[C@@H](O)COP(=O)(O)OC[C@@H](COC(=O)CCCCCCCCCCC)OC(=O)CCCCCCCCCCCCC. The number of rotatable bonds is 80. The van der Waals surface area contributed by atoms with E-state index in [1.54, 1.807) is 0 Å². The number of unbranched alkanes of at least 4 members (excludes halogenated alkanes) is 54. The zero-order valence-electron chi connectivity index (χ0n) is 63.8. The zero-order valence-corrected chi connectivity index (χ0v) is 65.6. The van der Waals surface area contributed by atoms with Crippen molar-refractivity contribution in [2.45, 2.75) is 444 Å². The van der Waals surface area contributed by atoms with Crippen LogP contribution in [0, 0.1) is 0 Å². The molecule has 0 aliphatic heterocycles. The predicted octanol–water partition coefficient (Wildman–Crippen LogP) is 23.8. The van der Waals surface area contributed by atoms with Crippen molar-refractivity contribution < 1.29 is 80.2 Å². The maximum absolute atomic E-state index is 13.1. The van der Waals surface area contributed by atoms with Crippen LogP contribution in [0.25, 0.3) is 0 Å². The summed E-state index contributed by atoms with van der Waals surface area (Å²) in [5.41, 5.74) is 0. The summed E-state index contributed by atoms with van der Waals surface area (Å²) in [6.07, 6.45) is 65.3. The summed E-state index contributed by atoms with van der Waals surface area (Å²) >= 11 is 0. The normalized spacial score (nSPS) is 13.8. The van der Waals surface area contributed by atoms with Gasteiger partial charge in [-0.15, -0.1) is 0 Å². The smallest absolute Gasteiger partial charge is 0.462 e. The highest BCUT2D eigenvalue weighted by molar-refractivity contribution is 7.47. The number of ether oxygens (including phenoxy) is 4. The van der Waals surface area contributed by atoms with Crippen LogP contribution in [-0.4, -0.2) is 96.7 Å². The molecule has 17 nitrogen and oxygen atoms in total. The average Bonchev–Trinajstić information content (AvgIpc) is 0.948. The van der Waals surface area contributed by atoms with Crippen LogP contribution in [0.3, 0.4) is 0 Å². The molecule has 582 valence electrons. The fourth-order valence-corrected chi connectivity index (χ4v) is 13.9. The molecule has 0 aromatic carbocycles. The van der Waals surface area contributed by atoms with E-state index in [4.69, 9.17) is 37.0 Å². The minimum Gasteiger partial charge on any atom is -0.462 e. The Kier molecular flexibility index (Phi) is 71.9. The number of aliphatic hydroxyl groups excluding tert-OH is 1. The largest absolute Gasteiger partial charge is 0.472 e. The van der Waals surface area contributed by atoms with E-state index in [0.29, 0.717) is 25.7 Å². The van der Waals surface area contributed by atoms with Crippen LogP contribution >= 0.6 is 15.6 Å². The average molecular weight is 1440 g/mol. The molecule has 0 saturated carbocycles. The third kappa shape index (κ3) is 72.4. The van der Waals surface area contributed by atoms with E-state index < -0.39 is 97.5 Å². The minimum absolute atomic E-state index is 0.108. The Labute approximate surface area is 600 Å². The van der Waals surface area contributed by atoms with E-state index in [1.807, 2.05) is 0 Å². The van der Waals surface area contributed by atoms with Gasteiger partial charge in [0.1, 0.15) is 19.3 Å². The topological polar surface area (TPSA) is 237 Å². The van der Waals surface area contributed by atoms with Crippen LogP contribution in [0.5, 0.6) is 0 Å². The first-order chi connectivity index (χ1) is 47.7. The van der Waals surface area contributed by atoms with Gasteiger partial charge in [0.2, 0.25) is 0 Å². The lowest BCUT2D eigenvalue weighted by molar-refractivity contribution is -0.161. The molecule has 0 aromatic heterocycles. The molecule has 0 spiro atoms. The molecule has 0 amide bonds. The molecule has 98 heavy (non-hydrogen) atoms. The molecule has 0 bridgehead atoms. The number of phosphoric ester groups is 2. The van der Waals surface area contributed by atoms with E-state index >= 15 is 0 Å². The predicted molar refractivity (Wildman–Crippen MR) is 400 cm³/mol. The molecule has 0 rings (SSSR count). The fraction of sp³-hybridized carbons (Fsp3) is 0.949. The van der Waals surface area contributed by atoms with E-state index in [-0.39, 0.29) is 25.7 Å². The maximum atomic E-state index is 13.1. The van der Waals surface area contributed by atoms with Gasteiger partial charge in [-0.2, -0.15) is 0 Å². The highest BCUT2D eigenvalue weighted by Crippen LogP contribution is 2.45. The zero-order chi connectivity index (χ0) is 71.8. The number of hydrogen-bond donors (Lipinski definition) is 3. The summed E-state index contributed by atoms with van der Waals surface area (Å²) in [6, 6.07) is 0. The molecule has 0 fully saturated rings. The molecule has 0 heterocycles. The molecular weight excluding hydrogens is 1280 g/mol. The number of carbonyl (C=O) groups excluding carboxylic acids is 4. The van der Waals surface area contributed by atoms with E-state index in [2.05, 4.69) is 27.7 Å². The Morgan fingerprint density at radius 2 is 0.408 bits per heavy atom. The highest BCUT2D eigenvalue weighted by atomic mass is 31.2. The van der Waals surface area contributed by atoms with Gasteiger partial charge in [0, 0.05) is 25.7 Å². The molecule has 19 heteroatoms. The van der Waals surface area contributed by atoms with Crippen molar-refractivity contribution in [3.63, 3.8) is 0 Å². The van der Waals surface area contributed by atoms with Gasteiger partial charge in [-0.25, -0.2) is 9.13 Å². The summed E-state index contributed by atoms with van der Waals surface area (Å²) in [7, 11) is -9.91.